The van der Waals surface area contributed by atoms with Crippen LogP contribution >= 0.6 is 0 Å². The average Bonchev–Trinajstić information content (AvgIpc) is 2.70. The molecule has 0 aliphatic carbocycles. The Morgan fingerprint density at radius 3 is 2.94 bits per heavy atom. The van der Waals surface area contributed by atoms with Crippen molar-refractivity contribution in [2.24, 2.45) is 0 Å². The molecule has 0 bridgehead atoms. The van der Waals surface area contributed by atoms with Crippen LogP contribution in [-0.4, -0.2) is 34.7 Å². The third-order valence-corrected chi connectivity index (χ3v) is 3.01. The lowest BCUT2D eigenvalue weighted by molar-refractivity contribution is 0.194. The molecule has 0 aromatic carbocycles. The average molecular weight is 222 g/mol. The SMILES string of the molecule is CNC(=O)N1CCc2c(C(C)C)n[nH]c2C1. The maximum atomic E-state index is 11.5. The van der Waals surface area contributed by atoms with E-state index < -0.39 is 0 Å². The zero-order chi connectivity index (χ0) is 11.7. The Morgan fingerprint density at radius 1 is 1.56 bits per heavy atom. The van der Waals surface area contributed by atoms with Crippen molar-refractivity contribution in [3.05, 3.63) is 17.0 Å². The van der Waals surface area contributed by atoms with E-state index in [0.717, 1.165) is 24.4 Å². The zero-order valence-electron chi connectivity index (χ0n) is 10.0. The van der Waals surface area contributed by atoms with E-state index in [1.165, 1.54) is 5.56 Å². The van der Waals surface area contributed by atoms with Crippen LogP contribution in [0.1, 0.15) is 36.7 Å². The zero-order valence-corrected chi connectivity index (χ0v) is 10.0. The molecule has 0 saturated heterocycles. The summed E-state index contributed by atoms with van der Waals surface area (Å²) in [4.78, 5) is 13.3. The van der Waals surface area contributed by atoms with Gasteiger partial charge in [-0.2, -0.15) is 5.10 Å². The summed E-state index contributed by atoms with van der Waals surface area (Å²) < 4.78 is 0. The number of carbonyl (C=O) groups excluding carboxylic acids is 1. The van der Waals surface area contributed by atoms with Crippen LogP contribution < -0.4 is 5.32 Å². The van der Waals surface area contributed by atoms with E-state index in [4.69, 9.17) is 0 Å². The largest absolute Gasteiger partial charge is 0.341 e. The number of hydrogen-bond acceptors (Lipinski definition) is 2. The number of aromatic nitrogens is 2. The molecule has 1 aromatic heterocycles. The lowest BCUT2D eigenvalue weighted by atomic mass is 9.99. The van der Waals surface area contributed by atoms with Crippen molar-refractivity contribution < 1.29 is 4.79 Å². The number of hydrogen-bond donors (Lipinski definition) is 2. The Labute approximate surface area is 95.2 Å². The second-order valence-corrected chi connectivity index (χ2v) is 4.45. The van der Waals surface area contributed by atoms with Gasteiger partial charge in [-0.3, -0.25) is 5.10 Å². The number of nitrogens with zero attached hydrogens (tertiary/aromatic N) is 2. The van der Waals surface area contributed by atoms with E-state index in [0.29, 0.717) is 12.5 Å². The smallest absolute Gasteiger partial charge is 0.317 e. The molecule has 0 radical (unpaired) electrons. The van der Waals surface area contributed by atoms with Gasteiger partial charge in [0.1, 0.15) is 0 Å². The molecule has 0 fully saturated rings. The number of rotatable bonds is 1. The van der Waals surface area contributed by atoms with Crippen LogP contribution in [0.15, 0.2) is 0 Å². The van der Waals surface area contributed by atoms with Gasteiger partial charge in [0.15, 0.2) is 0 Å². The van der Waals surface area contributed by atoms with Crippen LogP contribution in [0, 0.1) is 0 Å². The maximum Gasteiger partial charge on any atom is 0.317 e. The van der Waals surface area contributed by atoms with Gasteiger partial charge in [0.05, 0.1) is 17.9 Å². The van der Waals surface area contributed by atoms with Gasteiger partial charge in [-0.15, -0.1) is 0 Å². The van der Waals surface area contributed by atoms with Crippen molar-refractivity contribution in [3.8, 4) is 0 Å². The van der Waals surface area contributed by atoms with Crippen LogP contribution in [0.3, 0.4) is 0 Å². The minimum absolute atomic E-state index is 0.0219. The molecule has 1 aromatic rings. The molecule has 2 amide bonds. The molecule has 0 unspecified atom stereocenters. The third-order valence-electron chi connectivity index (χ3n) is 3.01. The van der Waals surface area contributed by atoms with Crippen molar-refractivity contribution in [2.75, 3.05) is 13.6 Å². The molecule has 5 nitrogen and oxygen atoms in total. The second kappa shape index (κ2) is 4.15. The van der Waals surface area contributed by atoms with Crippen molar-refractivity contribution in [1.82, 2.24) is 20.4 Å². The Kier molecular flexibility index (Phi) is 2.85. The highest BCUT2D eigenvalue weighted by Gasteiger charge is 2.24. The van der Waals surface area contributed by atoms with Crippen molar-refractivity contribution >= 4 is 6.03 Å². The molecule has 1 aliphatic rings. The fraction of sp³-hybridized carbons (Fsp3) is 0.636. The topological polar surface area (TPSA) is 61.0 Å². The molecule has 16 heavy (non-hydrogen) atoms. The summed E-state index contributed by atoms with van der Waals surface area (Å²) in [6, 6.07) is -0.0219. The first-order chi connectivity index (χ1) is 7.63. The lowest BCUT2D eigenvalue weighted by Crippen LogP contribution is -2.41. The molecule has 5 heteroatoms. The molecule has 2 heterocycles. The first-order valence-electron chi connectivity index (χ1n) is 5.66. The molecular formula is C11H18N4O. The number of carbonyl (C=O) groups is 1. The van der Waals surface area contributed by atoms with E-state index in [1.807, 2.05) is 0 Å². The number of aromatic amines is 1. The molecule has 88 valence electrons. The molecule has 0 saturated carbocycles. The lowest BCUT2D eigenvalue weighted by Gasteiger charge is -2.26. The Bertz CT molecular complexity index is 397. The summed E-state index contributed by atoms with van der Waals surface area (Å²) in [7, 11) is 1.66. The Balaban J connectivity index is 2.20. The van der Waals surface area contributed by atoms with Crippen molar-refractivity contribution in [2.45, 2.75) is 32.7 Å². The van der Waals surface area contributed by atoms with Crippen LogP contribution in [0.5, 0.6) is 0 Å². The van der Waals surface area contributed by atoms with Gasteiger partial charge < -0.3 is 10.2 Å². The summed E-state index contributed by atoms with van der Waals surface area (Å²) >= 11 is 0. The third kappa shape index (κ3) is 1.77. The first kappa shape index (κ1) is 11.0. The molecular weight excluding hydrogens is 204 g/mol. The number of H-pyrrole nitrogens is 1. The van der Waals surface area contributed by atoms with Crippen LogP contribution in [0.4, 0.5) is 4.79 Å². The van der Waals surface area contributed by atoms with E-state index in [1.54, 1.807) is 11.9 Å². The van der Waals surface area contributed by atoms with Gasteiger partial charge in [-0.25, -0.2) is 4.79 Å². The predicted molar refractivity (Wildman–Crippen MR) is 61.2 cm³/mol. The minimum Gasteiger partial charge on any atom is -0.341 e. The van der Waals surface area contributed by atoms with Gasteiger partial charge in [-0.05, 0) is 12.3 Å². The molecule has 2 N–H and O–H groups in total. The van der Waals surface area contributed by atoms with Gasteiger partial charge >= 0.3 is 6.03 Å². The summed E-state index contributed by atoms with van der Waals surface area (Å²) in [6.45, 7) is 5.68. The number of urea groups is 1. The summed E-state index contributed by atoms with van der Waals surface area (Å²) in [5.74, 6) is 0.437. The predicted octanol–water partition coefficient (Wildman–Crippen LogP) is 1.23. The first-order valence-corrected chi connectivity index (χ1v) is 5.66. The molecule has 0 spiro atoms. The van der Waals surface area contributed by atoms with Gasteiger partial charge in [0.2, 0.25) is 0 Å². The maximum absolute atomic E-state index is 11.5. The summed E-state index contributed by atoms with van der Waals surface area (Å²) in [6.07, 6.45) is 0.896. The van der Waals surface area contributed by atoms with E-state index in [-0.39, 0.29) is 6.03 Å². The fourth-order valence-corrected chi connectivity index (χ4v) is 2.15. The quantitative estimate of drug-likeness (QED) is 0.750. The Morgan fingerprint density at radius 2 is 2.31 bits per heavy atom. The molecule has 0 atom stereocenters. The van der Waals surface area contributed by atoms with Crippen molar-refractivity contribution in [1.29, 1.82) is 0 Å². The minimum atomic E-state index is -0.0219. The number of amides is 2. The van der Waals surface area contributed by atoms with Crippen LogP contribution in [0.2, 0.25) is 0 Å². The molecule has 2 rings (SSSR count). The van der Waals surface area contributed by atoms with E-state index in [2.05, 4.69) is 29.4 Å². The second-order valence-electron chi connectivity index (χ2n) is 4.45. The van der Waals surface area contributed by atoms with Gasteiger partial charge in [0.25, 0.3) is 0 Å². The van der Waals surface area contributed by atoms with E-state index in [9.17, 15) is 4.79 Å². The standard InChI is InChI=1S/C11H18N4O/c1-7(2)10-8-4-5-15(11(16)12-3)6-9(8)13-14-10/h7H,4-6H2,1-3H3,(H,12,16)(H,13,14). The number of fused-ring (bicyclic) bond motifs is 1. The van der Waals surface area contributed by atoms with E-state index >= 15 is 0 Å². The number of nitrogens with one attached hydrogen (secondary N) is 2. The van der Waals surface area contributed by atoms with Gasteiger partial charge in [-0.1, -0.05) is 13.8 Å². The normalized spacial score (nSPS) is 15.1. The van der Waals surface area contributed by atoms with Crippen LogP contribution in [-0.2, 0) is 13.0 Å². The Hall–Kier alpha value is -1.52. The summed E-state index contributed by atoms with van der Waals surface area (Å²) in [5, 5.41) is 10.0. The highest BCUT2D eigenvalue weighted by molar-refractivity contribution is 5.74. The van der Waals surface area contributed by atoms with Gasteiger partial charge in [0, 0.05) is 19.2 Å². The molecule has 1 aliphatic heterocycles. The highest BCUT2D eigenvalue weighted by atomic mass is 16.2. The monoisotopic (exact) mass is 222 g/mol. The van der Waals surface area contributed by atoms with Crippen LogP contribution in [0.25, 0.3) is 0 Å². The van der Waals surface area contributed by atoms with Crippen molar-refractivity contribution in [3.63, 3.8) is 0 Å². The highest BCUT2D eigenvalue weighted by Crippen LogP contribution is 2.24. The summed E-state index contributed by atoms with van der Waals surface area (Å²) in [5.41, 5.74) is 3.53. The fourth-order valence-electron chi connectivity index (χ4n) is 2.15.